The molecule has 3 rings (SSSR count). The zero-order valence-corrected chi connectivity index (χ0v) is 14.9. The van der Waals surface area contributed by atoms with Crippen LogP contribution in [0.1, 0.15) is 38.0 Å². The number of nitrogens with zero attached hydrogens (tertiary/aromatic N) is 1. The van der Waals surface area contributed by atoms with Gasteiger partial charge in [-0.05, 0) is 43.3 Å². The fourth-order valence-electron chi connectivity index (χ4n) is 2.48. The number of Topliss-reactive ketones (excluding diaryl/α,β-unsaturated/α-hetero) is 1. The number of amides is 2. The summed E-state index contributed by atoms with van der Waals surface area (Å²) < 4.78 is 4.82. The Morgan fingerprint density at radius 1 is 0.962 bits per heavy atom. The van der Waals surface area contributed by atoms with E-state index in [-0.39, 0.29) is 39.8 Å². The molecule has 1 aliphatic rings. The number of ether oxygens (including phenoxy) is 1. The summed E-state index contributed by atoms with van der Waals surface area (Å²) in [5, 5.41) is 0.497. The molecular weight excluding hydrogens is 381 g/mol. The fraction of sp³-hybridized carbons (Fsp3) is 0.111. The predicted molar refractivity (Wildman–Crippen MR) is 95.0 cm³/mol. The van der Waals surface area contributed by atoms with E-state index in [4.69, 9.17) is 27.9 Å². The molecule has 1 aliphatic heterocycles. The maximum atomic E-state index is 12.7. The Labute approximate surface area is 158 Å². The van der Waals surface area contributed by atoms with Crippen LogP contribution >= 0.6 is 23.2 Å². The molecule has 0 unspecified atom stereocenters. The number of anilines is 1. The second-order valence-electron chi connectivity index (χ2n) is 5.58. The maximum absolute atomic E-state index is 12.7. The fourth-order valence-corrected chi connectivity index (χ4v) is 2.77. The van der Waals surface area contributed by atoms with Crippen molar-refractivity contribution in [3.8, 4) is 0 Å². The van der Waals surface area contributed by atoms with Crippen LogP contribution in [0.25, 0.3) is 0 Å². The van der Waals surface area contributed by atoms with Crippen LogP contribution in [-0.2, 0) is 9.53 Å². The van der Waals surface area contributed by atoms with Gasteiger partial charge in [0.05, 0.1) is 32.4 Å². The predicted octanol–water partition coefficient (Wildman–Crippen LogP) is 3.54. The zero-order valence-electron chi connectivity index (χ0n) is 13.4. The summed E-state index contributed by atoms with van der Waals surface area (Å²) in [7, 11) is 0. The van der Waals surface area contributed by atoms with Crippen molar-refractivity contribution in [2.75, 3.05) is 11.5 Å². The molecule has 2 aromatic rings. The third-order valence-corrected chi connectivity index (χ3v) is 4.43. The Morgan fingerprint density at radius 2 is 1.65 bits per heavy atom. The molecule has 0 fully saturated rings. The molecule has 0 N–H and O–H groups in total. The molecule has 6 nitrogen and oxygen atoms in total. The van der Waals surface area contributed by atoms with Gasteiger partial charge in [-0.25, -0.2) is 9.69 Å². The first-order valence-corrected chi connectivity index (χ1v) is 8.19. The summed E-state index contributed by atoms with van der Waals surface area (Å²) in [5.41, 5.74) is 0.566. The number of halogens is 2. The molecule has 132 valence electrons. The molecule has 0 atom stereocenters. The number of benzene rings is 2. The maximum Gasteiger partial charge on any atom is 0.338 e. The molecule has 0 radical (unpaired) electrons. The van der Waals surface area contributed by atoms with Crippen LogP contribution in [0.15, 0.2) is 36.4 Å². The number of carbonyl (C=O) groups excluding carboxylic acids is 4. The van der Waals surface area contributed by atoms with Crippen LogP contribution in [0.3, 0.4) is 0 Å². The van der Waals surface area contributed by atoms with Crippen molar-refractivity contribution in [1.82, 2.24) is 0 Å². The summed E-state index contributed by atoms with van der Waals surface area (Å²) in [6.07, 6.45) is 0. The normalized spacial score (nSPS) is 13.0. The molecule has 8 heteroatoms. The first-order chi connectivity index (χ1) is 12.3. The molecule has 1 heterocycles. The van der Waals surface area contributed by atoms with Crippen LogP contribution in [0.5, 0.6) is 0 Å². The van der Waals surface area contributed by atoms with Gasteiger partial charge >= 0.3 is 5.97 Å². The van der Waals surface area contributed by atoms with Crippen molar-refractivity contribution >= 4 is 52.5 Å². The van der Waals surface area contributed by atoms with Gasteiger partial charge in [-0.3, -0.25) is 14.4 Å². The number of fused-ring (bicyclic) bond motifs is 1. The smallest absolute Gasteiger partial charge is 0.338 e. The van der Waals surface area contributed by atoms with Crippen molar-refractivity contribution in [2.24, 2.45) is 0 Å². The Kier molecular flexibility index (Phi) is 4.80. The van der Waals surface area contributed by atoms with Crippen LogP contribution in [0.2, 0.25) is 10.0 Å². The largest absolute Gasteiger partial charge is 0.454 e. The monoisotopic (exact) mass is 391 g/mol. The number of ketones is 1. The minimum absolute atomic E-state index is 0.0679. The summed E-state index contributed by atoms with van der Waals surface area (Å²) in [6.45, 7) is 0.922. The molecule has 0 aliphatic carbocycles. The van der Waals surface area contributed by atoms with Gasteiger partial charge in [0.2, 0.25) is 0 Å². The molecule has 0 aromatic heterocycles. The Morgan fingerprint density at radius 3 is 2.31 bits per heavy atom. The van der Waals surface area contributed by atoms with E-state index in [0.29, 0.717) is 5.02 Å². The van der Waals surface area contributed by atoms with Gasteiger partial charge in [0.25, 0.3) is 11.8 Å². The molecular formula is C18H11Cl2NO5. The van der Waals surface area contributed by atoms with Gasteiger partial charge < -0.3 is 4.74 Å². The van der Waals surface area contributed by atoms with Crippen LogP contribution in [0, 0.1) is 0 Å². The van der Waals surface area contributed by atoms with Gasteiger partial charge in [-0.1, -0.05) is 23.2 Å². The highest BCUT2D eigenvalue weighted by molar-refractivity contribution is 6.42. The Hall–Kier alpha value is -2.70. The standard InChI is InChI=1S/C18H11Cl2NO5/c1-9(22)8-26-18(25)10-2-4-12-13(6-10)17(24)21(16(12)23)11-3-5-14(19)15(20)7-11/h2-7H,8H2,1H3. The van der Waals surface area contributed by atoms with Gasteiger partial charge in [-0.15, -0.1) is 0 Å². The van der Waals surface area contributed by atoms with E-state index < -0.39 is 17.8 Å². The molecule has 2 aromatic carbocycles. The first kappa shape index (κ1) is 18.1. The average Bonchev–Trinajstić information content (AvgIpc) is 2.86. The third-order valence-electron chi connectivity index (χ3n) is 3.69. The van der Waals surface area contributed by atoms with Crippen molar-refractivity contribution in [2.45, 2.75) is 6.92 Å². The third kappa shape index (κ3) is 3.21. The lowest BCUT2D eigenvalue weighted by atomic mass is 10.1. The highest BCUT2D eigenvalue weighted by atomic mass is 35.5. The highest BCUT2D eigenvalue weighted by Crippen LogP contribution is 2.33. The van der Waals surface area contributed by atoms with Crippen LogP contribution in [-0.4, -0.2) is 30.2 Å². The van der Waals surface area contributed by atoms with Crippen molar-refractivity contribution < 1.29 is 23.9 Å². The average molecular weight is 392 g/mol. The van der Waals surface area contributed by atoms with Crippen LogP contribution < -0.4 is 4.90 Å². The number of esters is 1. The molecule has 0 bridgehead atoms. The van der Waals surface area contributed by atoms with E-state index in [1.165, 1.54) is 43.3 Å². The zero-order chi connectivity index (χ0) is 19.0. The summed E-state index contributed by atoms with van der Waals surface area (Å²) in [5.74, 6) is -2.19. The number of carbonyl (C=O) groups is 4. The Bertz CT molecular complexity index is 970. The lowest BCUT2D eigenvalue weighted by molar-refractivity contribution is -0.120. The lowest BCUT2D eigenvalue weighted by Crippen LogP contribution is -2.29. The summed E-state index contributed by atoms with van der Waals surface area (Å²) in [4.78, 5) is 49.1. The van der Waals surface area contributed by atoms with Crippen LogP contribution in [0.4, 0.5) is 5.69 Å². The number of rotatable bonds is 4. The van der Waals surface area contributed by atoms with E-state index >= 15 is 0 Å². The topological polar surface area (TPSA) is 80.8 Å². The first-order valence-electron chi connectivity index (χ1n) is 7.44. The molecule has 26 heavy (non-hydrogen) atoms. The molecule has 0 saturated carbocycles. The van der Waals surface area contributed by atoms with E-state index in [2.05, 4.69) is 0 Å². The lowest BCUT2D eigenvalue weighted by Gasteiger charge is -2.14. The summed E-state index contributed by atoms with van der Waals surface area (Å²) in [6, 6.07) is 8.40. The minimum Gasteiger partial charge on any atom is -0.454 e. The van der Waals surface area contributed by atoms with E-state index in [0.717, 1.165) is 4.90 Å². The number of imide groups is 1. The van der Waals surface area contributed by atoms with Gasteiger partial charge in [0.1, 0.15) is 6.61 Å². The van der Waals surface area contributed by atoms with Gasteiger partial charge in [0, 0.05) is 0 Å². The second-order valence-corrected chi connectivity index (χ2v) is 6.40. The van der Waals surface area contributed by atoms with Crippen molar-refractivity contribution in [3.05, 3.63) is 63.1 Å². The quantitative estimate of drug-likeness (QED) is 0.587. The highest BCUT2D eigenvalue weighted by Gasteiger charge is 2.37. The summed E-state index contributed by atoms with van der Waals surface area (Å²) >= 11 is 11.8. The number of hydrogen-bond donors (Lipinski definition) is 0. The Balaban J connectivity index is 1.93. The molecule has 0 spiro atoms. The molecule has 0 saturated heterocycles. The second kappa shape index (κ2) is 6.90. The van der Waals surface area contributed by atoms with E-state index in [9.17, 15) is 19.2 Å². The van der Waals surface area contributed by atoms with E-state index in [1.807, 2.05) is 0 Å². The SMILES string of the molecule is CC(=O)COC(=O)c1ccc2c(c1)C(=O)N(c1ccc(Cl)c(Cl)c1)C2=O. The van der Waals surface area contributed by atoms with E-state index in [1.54, 1.807) is 0 Å². The van der Waals surface area contributed by atoms with Crippen molar-refractivity contribution in [3.63, 3.8) is 0 Å². The van der Waals surface area contributed by atoms with Crippen molar-refractivity contribution in [1.29, 1.82) is 0 Å². The number of hydrogen-bond acceptors (Lipinski definition) is 5. The van der Waals surface area contributed by atoms with Gasteiger partial charge in [-0.2, -0.15) is 0 Å². The molecule has 2 amide bonds. The van der Waals surface area contributed by atoms with Gasteiger partial charge in [0.15, 0.2) is 5.78 Å². The minimum atomic E-state index is -0.753.